The zero-order valence-corrected chi connectivity index (χ0v) is 15.9. The highest BCUT2D eigenvalue weighted by Gasteiger charge is 2.22. The number of amides is 2. The summed E-state index contributed by atoms with van der Waals surface area (Å²) in [5.41, 5.74) is 1.63. The molecule has 27 heavy (non-hydrogen) atoms. The van der Waals surface area contributed by atoms with Crippen LogP contribution in [-0.2, 0) is 12.0 Å². The number of fused-ring (bicyclic) bond motifs is 1. The van der Waals surface area contributed by atoms with Crippen molar-refractivity contribution in [1.82, 2.24) is 10.2 Å². The van der Waals surface area contributed by atoms with Crippen molar-refractivity contribution in [2.75, 3.05) is 26.8 Å². The van der Waals surface area contributed by atoms with Crippen molar-refractivity contribution in [2.24, 2.45) is 0 Å². The van der Waals surface area contributed by atoms with E-state index in [-0.39, 0.29) is 17.3 Å². The van der Waals surface area contributed by atoms with E-state index in [1.54, 1.807) is 24.1 Å². The SMILES string of the molecule is CN(Cc1ccc2c(c1)OCCO2)C(=O)NCC(C)(C)c1ccc(F)cc1. The first-order valence-corrected chi connectivity index (χ1v) is 8.99. The molecule has 0 atom stereocenters. The Hall–Kier alpha value is -2.76. The number of hydrogen-bond acceptors (Lipinski definition) is 3. The van der Waals surface area contributed by atoms with Gasteiger partial charge in [-0.05, 0) is 35.4 Å². The molecule has 0 radical (unpaired) electrons. The second-order valence-electron chi connectivity index (χ2n) is 7.38. The van der Waals surface area contributed by atoms with Crippen LogP contribution in [0.4, 0.5) is 9.18 Å². The van der Waals surface area contributed by atoms with Gasteiger partial charge in [-0.25, -0.2) is 9.18 Å². The van der Waals surface area contributed by atoms with Gasteiger partial charge in [0, 0.05) is 25.6 Å². The van der Waals surface area contributed by atoms with Crippen molar-refractivity contribution >= 4 is 6.03 Å². The molecule has 5 nitrogen and oxygen atoms in total. The Morgan fingerprint density at radius 1 is 1.11 bits per heavy atom. The van der Waals surface area contributed by atoms with Crippen LogP contribution >= 0.6 is 0 Å². The fourth-order valence-electron chi connectivity index (χ4n) is 2.97. The quantitative estimate of drug-likeness (QED) is 0.870. The standard InChI is InChI=1S/C21H25FN2O3/c1-21(2,16-5-7-17(22)8-6-16)14-23-20(25)24(3)13-15-4-9-18-19(12-15)27-11-10-26-18/h4-9,12H,10-11,13-14H2,1-3H3,(H,23,25). The molecule has 0 bridgehead atoms. The molecule has 1 heterocycles. The lowest BCUT2D eigenvalue weighted by Crippen LogP contribution is -2.42. The number of nitrogens with zero attached hydrogens (tertiary/aromatic N) is 1. The minimum Gasteiger partial charge on any atom is -0.486 e. The Balaban J connectivity index is 1.56. The van der Waals surface area contributed by atoms with Gasteiger partial charge in [0.1, 0.15) is 19.0 Å². The summed E-state index contributed by atoms with van der Waals surface area (Å²) in [5.74, 6) is 1.18. The van der Waals surface area contributed by atoms with Crippen molar-refractivity contribution in [3.8, 4) is 11.5 Å². The van der Waals surface area contributed by atoms with Gasteiger partial charge >= 0.3 is 6.03 Å². The van der Waals surface area contributed by atoms with Crippen LogP contribution in [0.2, 0.25) is 0 Å². The molecule has 0 unspecified atom stereocenters. The van der Waals surface area contributed by atoms with Crippen molar-refractivity contribution in [3.05, 3.63) is 59.4 Å². The number of halogens is 1. The second kappa shape index (κ2) is 7.86. The summed E-state index contributed by atoms with van der Waals surface area (Å²) >= 11 is 0. The van der Waals surface area contributed by atoms with Gasteiger partial charge in [0.25, 0.3) is 0 Å². The summed E-state index contributed by atoms with van der Waals surface area (Å²) < 4.78 is 24.2. The van der Waals surface area contributed by atoms with Crippen molar-refractivity contribution < 1.29 is 18.7 Å². The third kappa shape index (κ3) is 4.70. The van der Waals surface area contributed by atoms with Crippen LogP contribution in [0.5, 0.6) is 11.5 Å². The largest absolute Gasteiger partial charge is 0.486 e. The summed E-state index contributed by atoms with van der Waals surface area (Å²) in [7, 11) is 1.75. The molecule has 1 aliphatic heterocycles. The number of nitrogens with one attached hydrogen (secondary N) is 1. The van der Waals surface area contributed by atoms with Gasteiger partial charge in [-0.3, -0.25) is 0 Å². The third-order valence-corrected chi connectivity index (χ3v) is 4.68. The van der Waals surface area contributed by atoms with Crippen LogP contribution < -0.4 is 14.8 Å². The average Bonchev–Trinajstić information content (AvgIpc) is 2.66. The number of ether oxygens (including phenoxy) is 2. The molecule has 3 rings (SSSR count). The molecule has 0 saturated carbocycles. The van der Waals surface area contributed by atoms with Crippen molar-refractivity contribution in [3.63, 3.8) is 0 Å². The molecule has 144 valence electrons. The lowest BCUT2D eigenvalue weighted by atomic mass is 9.84. The van der Waals surface area contributed by atoms with Crippen LogP contribution in [-0.4, -0.2) is 37.7 Å². The first kappa shape index (κ1) is 19.0. The molecule has 2 aromatic carbocycles. The molecular formula is C21H25FN2O3. The highest BCUT2D eigenvalue weighted by Crippen LogP contribution is 2.31. The van der Waals surface area contributed by atoms with Gasteiger partial charge in [0.2, 0.25) is 0 Å². The van der Waals surface area contributed by atoms with Gasteiger partial charge in [-0.2, -0.15) is 0 Å². The Bertz CT molecular complexity index is 806. The zero-order chi connectivity index (χ0) is 19.4. The molecular weight excluding hydrogens is 347 g/mol. The van der Waals surface area contributed by atoms with E-state index in [2.05, 4.69) is 5.32 Å². The Morgan fingerprint density at radius 3 is 2.48 bits per heavy atom. The van der Waals surface area contributed by atoms with Crippen LogP contribution in [0.15, 0.2) is 42.5 Å². The third-order valence-electron chi connectivity index (χ3n) is 4.68. The average molecular weight is 372 g/mol. The minimum atomic E-state index is -0.304. The summed E-state index contributed by atoms with van der Waals surface area (Å²) in [5, 5.41) is 2.96. The maximum atomic E-state index is 13.1. The summed E-state index contributed by atoms with van der Waals surface area (Å²) in [6.45, 7) is 6.02. The maximum Gasteiger partial charge on any atom is 0.317 e. The lowest BCUT2D eigenvalue weighted by molar-refractivity contribution is 0.171. The van der Waals surface area contributed by atoms with E-state index in [1.807, 2.05) is 32.0 Å². The predicted molar refractivity (Wildman–Crippen MR) is 102 cm³/mol. The Kier molecular flexibility index (Phi) is 5.54. The first-order valence-electron chi connectivity index (χ1n) is 8.99. The van der Waals surface area contributed by atoms with Gasteiger partial charge in [0.15, 0.2) is 11.5 Å². The fourth-order valence-corrected chi connectivity index (χ4v) is 2.97. The monoisotopic (exact) mass is 372 g/mol. The number of benzene rings is 2. The molecule has 6 heteroatoms. The smallest absolute Gasteiger partial charge is 0.317 e. The molecule has 2 aromatic rings. The van der Waals surface area contributed by atoms with E-state index in [0.717, 1.165) is 16.9 Å². The predicted octanol–water partition coefficient (Wildman–Crippen LogP) is 3.72. The van der Waals surface area contributed by atoms with Gasteiger partial charge < -0.3 is 19.7 Å². The van der Waals surface area contributed by atoms with E-state index < -0.39 is 0 Å². The van der Waals surface area contributed by atoms with Crippen LogP contribution in [0.25, 0.3) is 0 Å². The van der Waals surface area contributed by atoms with Crippen LogP contribution in [0.3, 0.4) is 0 Å². The first-order chi connectivity index (χ1) is 12.8. The van der Waals surface area contributed by atoms with Crippen LogP contribution in [0.1, 0.15) is 25.0 Å². The van der Waals surface area contributed by atoms with E-state index >= 15 is 0 Å². The van der Waals surface area contributed by atoms with Crippen molar-refractivity contribution in [1.29, 1.82) is 0 Å². The molecule has 1 N–H and O–H groups in total. The molecule has 2 amide bonds. The second-order valence-corrected chi connectivity index (χ2v) is 7.38. The van der Waals surface area contributed by atoms with Gasteiger partial charge in [-0.1, -0.05) is 32.0 Å². The van der Waals surface area contributed by atoms with Gasteiger partial charge in [0.05, 0.1) is 0 Å². The molecule has 0 aliphatic carbocycles. The minimum absolute atomic E-state index is 0.167. The highest BCUT2D eigenvalue weighted by atomic mass is 19.1. The van der Waals surface area contributed by atoms with Crippen molar-refractivity contribution in [2.45, 2.75) is 25.8 Å². The number of urea groups is 1. The van der Waals surface area contributed by atoms with E-state index in [4.69, 9.17) is 9.47 Å². The van der Waals surface area contributed by atoms with E-state index in [0.29, 0.717) is 32.1 Å². The summed E-state index contributed by atoms with van der Waals surface area (Å²) in [4.78, 5) is 14.1. The highest BCUT2D eigenvalue weighted by molar-refractivity contribution is 5.74. The number of carbonyl (C=O) groups is 1. The maximum absolute atomic E-state index is 13.1. The molecule has 0 spiro atoms. The Morgan fingerprint density at radius 2 is 1.78 bits per heavy atom. The fraction of sp³-hybridized carbons (Fsp3) is 0.381. The van der Waals surface area contributed by atoms with E-state index in [9.17, 15) is 9.18 Å². The molecule has 0 fully saturated rings. The number of carbonyl (C=O) groups excluding carboxylic acids is 1. The lowest BCUT2D eigenvalue weighted by Gasteiger charge is -2.27. The van der Waals surface area contributed by atoms with E-state index in [1.165, 1.54) is 12.1 Å². The molecule has 0 saturated heterocycles. The van der Waals surface area contributed by atoms with Crippen LogP contribution in [0, 0.1) is 5.82 Å². The normalized spacial score (nSPS) is 13.2. The summed E-state index contributed by atoms with van der Waals surface area (Å²) in [6.07, 6.45) is 0. The Labute approximate surface area is 159 Å². The number of rotatable bonds is 5. The molecule has 0 aromatic heterocycles. The number of hydrogen-bond donors (Lipinski definition) is 1. The zero-order valence-electron chi connectivity index (χ0n) is 15.9. The molecule has 1 aliphatic rings. The van der Waals surface area contributed by atoms with Gasteiger partial charge in [-0.15, -0.1) is 0 Å². The summed E-state index contributed by atoms with van der Waals surface area (Å²) in [6, 6.07) is 11.9. The topological polar surface area (TPSA) is 50.8 Å².